The van der Waals surface area contributed by atoms with E-state index >= 15 is 0 Å². The van der Waals surface area contributed by atoms with Crippen molar-refractivity contribution in [2.45, 2.75) is 173 Å². The van der Waals surface area contributed by atoms with E-state index in [1.54, 1.807) is 43.2 Å². The molecular formula is C59H85F3N4O11SSi2. The summed E-state index contributed by atoms with van der Waals surface area (Å²) in [7, 11) is -4.69. The highest BCUT2D eigenvalue weighted by Gasteiger charge is 2.53. The van der Waals surface area contributed by atoms with E-state index in [1.165, 1.54) is 22.6 Å². The number of halogens is 3. The number of amides is 3. The molecule has 0 N–H and O–H groups in total. The van der Waals surface area contributed by atoms with Crippen LogP contribution in [0.2, 0.25) is 36.3 Å². The summed E-state index contributed by atoms with van der Waals surface area (Å²) in [5.41, 5.74) is 3.05. The maximum Gasteiger partial charge on any atom is 0.471 e. The molecule has 0 unspecified atom stereocenters. The Balaban J connectivity index is 0.000000294. The molecule has 2 aliphatic heterocycles. The third kappa shape index (κ3) is 17.3. The molecule has 4 aromatic rings. The summed E-state index contributed by atoms with van der Waals surface area (Å²) in [5.74, 6) is -0.687. The van der Waals surface area contributed by atoms with Crippen molar-refractivity contribution in [1.29, 1.82) is 0 Å². The van der Waals surface area contributed by atoms with Crippen molar-refractivity contribution in [3.63, 3.8) is 0 Å². The Hall–Kier alpha value is -5.46. The Labute approximate surface area is 475 Å². The van der Waals surface area contributed by atoms with Gasteiger partial charge in [-0.05, 0) is 109 Å². The van der Waals surface area contributed by atoms with Crippen LogP contribution in [0.1, 0.15) is 90.5 Å². The molecule has 0 aliphatic carbocycles. The summed E-state index contributed by atoms with van der Waals surface area (Å²) < 4.78 is 105. The van der Waals surface area contributed by atoms with E-state index in [-0.39, 0.29) is 52.0 Å². The molecule has 0 radical (unpaired) electrons. The molecule has 21 heteroatoms. The van der Waals surface area contributed by atoms with Crippen molar-refractivity contribution in [2.24, 2.45) is 0 Å². The van der Waals surface area contributed by atoms with Crippen molar-refractivity contribution in [1.82, 2.24) is 19.0 Å². The lowest BCUT2D eigenvalue weighted by Gasteiger charge is -2.38. The monoisotopic (exact) mass is 1170 g/mol. The minimum Gasteiger partial charge on any atom is -0.497 e. The van der Waals surface area contributed by atoms with Gasteiger partial charge in [-0.1, -0.05) is 126 Å². The van der Waals surface area contributed by atoms with Crippen LogP contribution in [0.25, 0.3) is 0 Å². The number of ether oxygens (including phenoxy) is 4. The van der Waals surface area contributed by atoms with E-state index < -0.39 is 81.1 Å². The minimum atomic E-state index is -5.09. The Morgan fingerprint density at radius 3 is 1.27 bits per heavy atom. The highest BCUT2D eigenvalue weighted by Crippen LogP contribution is 2.37. The van der Waals surface area contributed by atoms with Crippen molar-refractivity contribution in [2.75, 3.05) is 33.7 Å². The highest BCUT2D eigenvalue weighted by molar-refractivity contribution is 7.88. The molecule has 0 aromatic heterocycles. The summed E-state index contributed by atoms with van der Waals surface area (Å²) in [6, 6.07) is 34.7. The molecule has 0 saturated carbocycles. The van der Waals surface area contributed by atoms with Gasteiger partial charge in [-0.3, -0.25) is 14.6 Å². The fraction of sp³-hybridized carbons (Fsp3) is 0.542. The normalized spacial score (nSPS) is 19.5. The van der Waals surface area contributed by atoms with Crippen LogP contribution in [-0.4, -0.2) is 138 Å². The molecule has 0 bridgehead atoms. The van der Waals surface area contributed by atoms with Crippen LogP contribution >= 0.6 is 0 Å². The average molecular weight is 1170 g/mol. The number of benzene rings is 4. The van der Waals surface area contributed by atoms with Crippen LogP contribution in [0.4, 0.5) is 22.8 Å². The van der Waals surface area contributed by atoms with E-state index in [9.17, 15) is 36.0 Å². The fourth-order valence-electron chi connectivity index (χ4n) is 11.0. The zero-order valence-electron chi connectivity index (χ0n) is 48.6. The third-order valence-corrected chi connectivity index (χ3v) is 26.8. The molecule has 3 amide bonds. The number of rotatable bonds is 25. The summed E-state index contributed by atoms with van der Waals surface area (Å²) >= 11 is 0. The lowest BCUT2D eigenvalue weighted by Crippen LogP contribution is -2.55. The lowest BCUT2D eigenvalue weighted by atomic mass is 10.0. The molecule has 442 valence electrons. The van der Waals surface area contributed by atoms with Gasteiger partial charge in [0.2, 0.25) is 10.0 Å². The number of sulfonamides is 1. The molecule has 6 atom stereocenters. The first-order valence-electron chi connectivity index (χ1n) is 27.9. The van der Waals surface area contributed by atoms with Gasteiger partial charge in [-0.25, -0.2) is 18.0 Å². The number of hydrogen-bond donors (Lipinski definition) is 0. The average Bonchev–Trinajstić information content (AvgIpc) is 4.04. The number of alkyl halides is 3. The standard InChI is InChI=1S/C30H41F3N2O5Si.C29H44N2O6SSi/c1-6-41(7-2,8-3)40-21-27-26(18-22(4)35(27)29(37)39-20-24-12-10-9-11-13-24)34(28(36)30(31,32)33)19-23-14-16-25(38-5)17-15-23;1-7-39(8-2,9-3)37-22-28-27(30(38(6,33)34)20-24-15-17-26(35-5)18-16-24)19-23(4)31(28)29(32)36-21-25-13-11-10-12-14-25/h9-17,22,26-27H,6-8,18-21H2,1-5H3;10-18,23,27-28H,7-9,19-22H2,1-6H3/t22-,26+,27+;23-,27+,28+/m11/s1. The molecular weight excluding hydrogens is 1090 g/mol. The van der Waals surface area contributed by atoms with E-state index in [4.69, 9.17) is 27.8 Å². The number of nitrogens with zero attached hydrogens (tertiary/aromatic N) is 4. The van der Waals surface area contributed by atoms with Crippen LogP contribution in [-0.2, 0) is 59.4 Å². The quantitative estimate of drug-likeness (QED) is 0.0583. The second kappa shape index (κ2) is 30.0. The second-order valence-electron chi connectivity index (χ2n) is 20.9. The Bertz CT molecular complexity index is 2640. The maximum absolute atomic E-state index is 14.0. The number of methoxy groups -OCH3 is 2. The molecule has 4 aromatic carbocycles. The zero-order chi connectivity index (χ0) is 58.8. The first kappa shape index (κ1) is 65.4. The maximum atomic E-state index is 14.0. The molecule has 2 fully saturated rings. The second-order valence-corrected chi connectivity index (χ2v) is 32.4. The van der Waals surface area contributed by atoms with Gasteiger partial charge in [0.15, 0.2) is 16.6 Å². The number of carbonyl (C=O) groups excluding carboxylic acids is 3. The van der Waals surface area contributed by atoms with Gasteiger partial charge in [0.1, 0.15) is 24.7 Å². The van der Waals surface area contributed by atoms with Crippen LogP contribution in [0.3, 0.4) is 0 Å². The molecule has 2 heterocycles. The van der Waals surface area contributed by atoms with E-state index in [1.807, 2.05) is 91.9 Å². The third-order valence-electron chi connectivity index (χ3n) is 16.2. The Kier molecular flexibility index (Phi) is 24.5. The number of hydrogen-bond acceptors (Lipinski definition) is 11. The summed E-state index contributed by atoms with van der Waals surface area (Å²) in [6.07, 6.45) is -4.28. The van der Waals surface area contributed by atoms with Gasteiger partial charge >= 0.3 is 24.3 Å². The van der Waals surface area contributed by atoms with E-state index in [2.05, 4.69) is 41.5 Å². The summed E-state index contributed by atoms with van der Waals surface area (Å²) in [4.78, 5) is 43.9. The smallest absolute Gasteiger partial charge is 0.471 e. The predicted molar refractivity (Wildman–Crippen MR) is 310 cm³/mol. The van der Waals surface area contributed by atoms with Crippen LogP contribution in [0.15, 0.2) is 109 Å². The molecule has 80 heavy (non-hydrogen) atoms. The molecule has 6 rings (SSSR count). The van der Waals surface area contributed by atoms with Gasteiger partial charge in [0.25, 0.3) is 0 Å². The van der Waals surface area contributed by atoms with Crippen molar-refractivity contribution < 1.29 is 63.8 Å². The number of likely N-dealkylation sites (tertiary alicyclic amines) is 2. The van der Waals surface area contributed by atoms with Crippen molar-refractivity contribution in [3.05, 3.63) is 131 Å². The number of carbonyl (C=O) groups is 3. The van der Waals surface area contributed by atoms with Crippen LogP contribution < -0.4 is 9.47 Å². The largest absolute Gasteiger partial charge is 0.497 e. The zero-order valence-corrected chi connectivity index (χ0v) is 51.4. The predicted octanol–water partition coefficient (Wildman–Crippen LogP) is 12.4. The van der Waals surface area contributed by atoms with Crippen LogP contribution in [0.5, 0.6) is 11.5 Å². The SMILES string of the molecule is CC[Si](CC)(CC)OC[C@H]1[C@@H](N(Cc2ccc(OC)cc2)C(=O)C(F)(F)F)C[C@@H](C)N1C(=O)OCc1ccccc1.CC[Si](CC)(CC)OC[C@H]1[C@@H](N(Cc2ccc(OC)cc2)S(C)(=O)=O)C[C@@H](C)N1C(=O)OCc1ccccc1. The van der Waals surface area contributed by atoms with E-state index in [0.29, 0.717) is 23.5 Å². The highest BCUT2D eigenvalue weighted by atomic mass is 32.2. The van der Waals surface area contributed by atoms with Gasteiger partial charge in [0, 0.05) is 31.2 Å². The lowest BCUT2D eigenvalue weighted by molar-refractivity contribution is -0.189. The first-order chi connectivity index (χ1) is 38.0. The van der Waals surface area contributed by atoms with Crippen LogP contribution in [0, 0.1) is 0 Å². The fourth-order valence-corrected chi connectivity index (χ4v) is 17.3. The first-order valence-corrected chi connectivity index (χ1v) is 34.8. The molecule has 0 spiro atoms. The molecule has 2 saturated heterocycles. The van der Waals surface area contributed by atoms with Gasteiger partial charge in [-0.15, -0.1) is 0 Å². The molecule has 2 aliphatic rings. The topological polar surface area (TPSA) is 154 Å². The van der Waals surface area contributed by atoms with Crippen molar-refractivity contribution in [3.8, 4) is 11.5 Å². The van der Waals surface area contributed by atoms with E-state index in [0.717, 1.165) is 57.9 Å². The minimum absolute atomic E-state index is 0.0236. The Morgan fingerprint density at radius 1 is 0.562 bits per heavy atom. The van der Waals surface area contributed by atoms with Gasteiger partial charge in [-0.2, -0.15) is 17.5 Å². The Morgan fingerprint density at radius 2 is 0.925 bits per heavy atom. The summed E-state index contributed by atoms with van der Waals surface area (Å²) in [6.45, 7) is 16.8. The van der Waals surface area contributed by atoms with Gasteiger partial charge in [0.05, 0.1) is 51.8 Å². The molecule has 15 nitrogen and oxygen atoms in total. The van der Waals surface area contributed by atoms with Gasteiger partial charge < -0.3 is 32.7 Å². The van der Waals surface area contributed by atoms with Crippen molar-refractivity contribution >= 4 is 44.8 Å². The summed E-state index contributed by atoms with van der Waals surface area (Å²) in [5, 5.41) is 0.